The summed E-state index contributed by atoms with van der Waals surface area (Å²) in [5.41, 5.74) is -0.0500. The van der Waals surface area contributed by atoms with Crippen LogP contribution in [0, 0.1) is 10.1 Å². The van der Waals surface area contributed by atoms with Crippen molar-refractivity contribution in [2.24, 2.45) is 0 Å². The molecule has 0 heterocycles. The summed E-state index contributed by atoms with van der Waals surface area (Å²) in [6, 6.07) is 5.49. The maximum atomic E-state index is 10.6. The zero-order valence-electron chi connectivity index (χ0n) is 10.3. The lowest BCUT2D eigenvalue weighted by Gasteiger charge is -2.11. The van der Waals surface area contributed by atoms with Crippen LogP contribution < -0.4 is 4.18 Å². The summed E-state index contributed by atoms with van der Waals surface area (Å²) in [6.45, 7) is 0. The molecule has 0 atom stereocenters. The first-order valence-electron chi connectivity index (χ1n) is 5.43. The molecule has 2 rings (SSSR count). The summed E-state index contributed by atoms with van der Waals surface area (Å²) in [6.07, 6.45) is 0. The predicted molar refractivity (Wildman–Crippen MR) is 91.1 cm³/mol. The standard InChI is InChI=1S/C12H4Cl5NO3S/c13-7-8(14)10(16)12(11(17)9(7)15)22-21-6-3-1-5(2-4-6)18(19)20/h1-4H. The van der Waals surface area contributed by atoms with Crippen molar-refractivity contribution in [1.29, 1.82) is 0 Å². The van der Waals surface area contributed by atoms with Gasteiger partial charge in [-0.1, -0.05) is 58.0 Å². The minimum atomic E-state index is -0.511. The maximum Gasteiger partial charge on any atom is 0.269 e. The van der Waals surface area contributed by atoms with Crippen molar-refractivity contribution in [2.45, 2.75) is 4.90 Å². The minimum Gasteiger partial charge on any atom is -0.421 e. The van der Waals surface area contributed by atoms with Crippen molar-refractivity contribution in [3.05, 3.63) is 59.5 Å². The van der Waals surface area contributed by atoms with Crippen LogP contribution in [0.1, 0.15) is 0 Å². The van der Waals surface area contributed by atoms with E-state index in [9.17, 15) is 10.1 Å². The lowest BCUT2D eigenvalue weighted by molar-refractivity contribution is -0.384. The smallest absolute Gasteiger partial charge is 0.269 e. The molecule has 0 saturated heterocycles. The SMILES string of the molecule is O=[N+]([O-])c1ccc(OSc2c(Cl)c(Cl)c(Cl)c(Cl)c2Cl)cc1. The van der Waals surface area contributed by atoms with Crippen molar-refractivity contribution in [3.63, 3.8) is 0 Å². The summed E-state index contributed by atoms with van der Waals surface area (Å²) in [5.74, 6) is 0.366. The summed E-state index contributed by atoms with van der Waals surface area (Å²) < 4.78 is 5.40. The molecule has 0 bridgehead atoms. The molecule has 0 saturated carbocycles. The highest BCUT2D eigenvalue weighted by Gasteiger charge is 2.20. The van der Waals surface area contributed by atoms with E-state index < -0.39 is 4.92 Å². The molecule has 4 nitrogen and oxygen atoms in total. The number of rotatable bonds is 4. The highest BCUT2D eigenvalue weighted by molar-refractivity contribution is 7.95. The Labute approximate surface area is 154 Å². The van der Waals surface area contributed by atoms with Crippen LogP contribution in [0.25, 0.3) is 0 Å². The molecular weight excluding hydrogens is 415 g/mol. The van der Waals surface area contributed by atoms with E-state index in [1.54, 1.807) is 0 Å². The van der Waals surface area contributed by atoms with Crippen molar-refractivity contribution in [3.8, 4) is 5.75 Å². The second-order valence-electron chi connectivity index (χ2n) is 3.82. The van der Waals surface area contributed by atoms with Crippen molar-refractivity contribution in [2.75, 3.05) is 0 Å². The summed E-state index contributed by atoms with van der Waals surface area (Å²) in [4.78, 5) is 10.4. The number of nitro groups is 1. The van der Waals surface area contributed by atoms with Crippen LogP contribution in [-0.4, -0.2) is 4.92 Å². The van der Waals surface area contributed by atoms with Gasteiger partial charge in [0.2, 0.25) is 0 Å². The van der Waals surface area contributed by atoms with Crippen LogP contribution in [-0.2, 0) is 0 Å². The van der Waals surface area contributed by atoms with E-state index in [0.29, 0.717) is 10.6 Å². The molecule has 0 aliphatic heterocycles. The first kappa shape index (κ1) is 17.8. The molecular formula is C12H4Cl5NO3S. The molecule has 0 unspecified atom stereocenters. The second-order valence-corrected chi connectivity index (χ2v) is 6.45. The molecule has 0 aromatic heterocycles. The van der Waals surface area contributed by atoms with E-state index in [1.807, 2.05) is 0 Å². The first-order chi connectivity index (χ1) is 10.3. The average molecular weight is 420 g/mol. The van der Waals surface area contributed by atoms with Gasteiger partial charge in [0.15, 0.2) is 0 Å². The number of hydrogen-bond acceptors (Lipinski definition) is 4. The van der Waals surface area contributed by atoms with Crippen LogP contribution in [0.15, 0.2) is 29.2 Å². The Kier molecular flexibility index (Phi) is 5.94. The van der Waals surface area contributed by atoms with Crippen molar-refractivity contribution >= 4 is 75.7 Å². The second kappa shape index (κ2) is 7.34. The molecule has 0 fully saturated rings. The topological polar surface area (TPSA) is 52.4 Å². The van der Waals surface area contributed by atoms with Gasteiger partial charge in [0.25, 0.3) is 5.69 Å². The zero-order valence-corrected chi connectivity index (χ0v) is 14.9. The average Bonchev–Trinajstić information content (AvgIpc) is 2.51. The largest absolute Gasteiger partial charge is 0.421 e. The van der Waals surface area contributed by atoms with E-state index >= 15 is 0 Å². The van der Waals surface area contributed by atoms with Crippen molar-refractivity contribution in [1.82, 2.24) is 0 Å². The lowest BCUT2D eigenvalue weighted by Crippen LogP contribution is -1.89. The van der Waals surface area contributed by atoms with Crippen LogP contribution >= 0.6 is 70.0 Å². The molecule has 10 heteroatoms. The Morgan fingerprint density at radius 2 is 1.32 bits per heavy atom. The Morgan fingerprint density at radius 1 is 0.864 bits per heavy atom. The Bertz CT molecular complexity index is 710. The molecule has 0 amide bonds. The third-order valence-electron chi connectivity index (χ3n) is 2.44. The molecule has 22 heavy (non-hydrogen) atoms. The third-order valence-corrected chi connectivity index (χ3v) is 5.79. The highest BCUT2D eigenvalue weighted by Crippen LogP contribution is 2.48. The highest BCUT2D eigenvalue weighted by atomic mass is 35.5. The summed E-state index contributed by atoms with van der Waals surface area (Å²) in [7, 11) is 0. The molecule has 116 valence electrons. The van der Waals surface area contributed by atoms with E-state index in [4.69, 9.17) is 62.2 Å². The Balaban J connectivity index is 2.23. The summed E-state index contributed by atoms with van der Waals surface area (Å²) in [5, 5.41) is 11.0. The van der Waals surface area contributed by atoms with Crippen LogP contribution in [0.2, 0.25) is 25.1 Å². The van der Waals surface area contributed by atoms with Gasteiger partial charge < -0.3 is 4.18 Å². The first-order valence-corrected chi connectivity index (χ1v) is 8.06. The van der Waals surface area contributed by atoms with E-state index in [1.165, 1.54) is 24.3 Å². The van der Waals surface area contributed by atoms with Crippen LogP contribution in [0.4, 0.5) is 5.69 Å². The monoisotopic (exact) mass is 417 g/mol. The fourth-order valence-corrected chi connectivity index (χ4v) is 3.45. The Morgan fingerprint density at radius 3 is 1.77 bits per heavy atom. The molecule has 0 radical (unpaired) electrons. The summed E-state index contributed by atoms with van der Waals surface area (Å²) >= 11 is 30.7. The molecule has 2 aromatic carbocycles. The van der Waals surface area contributed by atoms with Gasteiger partial charge in [-0.05, 0) is 12.1 Å². The number of nitro benzene ring substituents is 1. The van der Waals surface area contributed by atoms with Gasteiger partial charge in [-0.25, -0.2) is 0 Å². The number of non-ortho nitro benzene ring substituents is 1. The van der Waals surface area contributed by atoms with Gasteiger partial charge in [-0.2, -0.15) is 0 Å². The molecule has 0 aliphatic carbocycles. The number of hydrogen-bond donors (Lipinski definition) is 0. The Hall–Kier alpha value is -0.560. The third kappa shape index (κ3) is 3.67. The number of benzene rings is 2. The fraction of sp³-hybridized carbons (Fsp3) is 0. The van der Waals surface area contributed by atoms with Crippen LogP contribution in [0.3, 0.4) is 0 Å². The molecule has 2 aromatic rings. The maximum absolute atomic E-state index is 10.6. The van der Waals surface area contributed by atoms with Crippen LogP contribution in [0.5, 0.6) is 5.75 Å². The van der Waals surface area contributed by atoms with Gasteiger partial charge >= 0.3 is 0 Å². The van der Waals surface area contributed by atoms with Gasteiger partial charge in [-0.3, -0.25) is 10.1 Å². The normalized spacial score (nSPS) is 10.6. The van der Waals surface area contributed by atoms with Gasteiger partial charge in [0, 0.05) is 12.1 Å². The fourth-order valence-electron chi connectivity index (χ4n) is 1.37. The lowest BCUT2D eigenvalue weighted by atomic mass is 10.3. The van der Waals surface area contributed by atoms with E-state index in [0.717, 1.165) is 12.0 Å². The molecule has 0 spiro atoms. The van der Waals surface area contributed by atoms with E-state index in [2.05, 4.69) is 0 Å². The predicted octanol–water partition coefficient (Wildman–Crippen LogP) is 6.95. The quantitative estimate of drug-likeness (QED) is 0.177. The van der Waals surface area contributed by atoms with Crippen molar-refractivity contribution < 1.29 is 9.11 Å². The minimum absolute atomic E-state index is 0.0500. The van der Waals surface area contributed by atoms with Gasteiger partial charge in [0.05, 0.1) is 47.0 Å². The number of nitrogens with zero attached hydrogens (tertiary/aromatic N) is 1. The van der Waals surface area contributed by atoms with Gasteiger partial charge in [0.1, 0.15) is 5.75 Å². The van der Waals surface area contributed by atoms with Gasteiger partial charge in [-0.15, -0.1) is 0 Å². The van der Waals surface area contributed by atoms with E-state index in [-0.39, 0.29) is 30.8 Å². The number of halogens is 5. The molecule has 0 aliphatic rings. The molecule has 0 N–H and O–H groups in total. The zero-order chi connectivity index (χ0) is 16.4.